The van der Waals surface area contributed by atoms with Gasteiger partial charge in [0.25, 0.3) is 0 Å². The monoisotopic (exact) mass is 289 g/mol. The molecular formula is C19H31NO. The molecule has 0 aromatic heterocycles. The van der Waals surface area contributed by atoms with Gasteiger partial charge in [-0.1, -0.05) is 13.8 Å². The molecule has 4 rings (SSSR count). The van der Waals surface area contributed by atoms with Crippen molar-refractivity contribution in [2.45, 2.75) is 77.7 Å². The van der Waals surface area contributed by atoms with E-state index in [2.05, 4.69) is 13.8 Å². The molecule has 0 aromatic rings. The van der Waals surface area contributed by atoms with Crippen molar-refractivity contribution in [3.05, 3.63) is 0 Å². The highest BCUT2D eigenvalue weighted by Gasteiger charge is 2.59. The summed E-state index contributed by atoms with van der Waals surface area (Å²) in [5.74, 6) is 3.27. The van der Waals surface area contributed by atoms with Crippen LogP contribution in [0.3, 0.4) is 0 Å². The molecule has 0 aliphatic heterocycles. The van der Waals surface area contributed by atoms with Gasteiger partial charge in [0, 0.05) is 5.71 Å². The third-order valence-corrected chi connectivity index (χ3v) is 8.47. The van der Waals surface area contributed by atoms with Crippen LogP contribution in [0.25, 0.3) is 0 Å². The number of aliphatic hydroxyl groups excluding tert-OH is 1. The van der Waals surface area contributed by atoms with E-state index in [1.54, 1.807) is 0 Å². The fourth-order valence-electron chi connectivity index (χ4n) is 7.05. The van der Waals surface area contributed by atoms with Gasteiger partial charge in [0.15, 0.2) is 0 Å². The maximum Gasteiger partial charge on any atom is 0.0596 e. The molecule has 4 aliphatic rings. The highest BCUT2D eigenvalue weighted by atomic mass is 16.3. The predicted octanol–water partition coefficient (Wildman–Crippen LogP) is 4.41. The van der Waals surface area contributed by atoms with Crippen LogP contribution in [0.1, 0.15) is 71.6 Å². The van der Waals surface area contributed by atoms with Crippen LogP contribution in [0.15, 0.2) is 0 Å². The summed E-state index contributed by atoms with van der Waals surface area (Å²) in [6, 6.07) is 0. The number of nitrogens with one attached hydrogen (secondary N) is 1. The zero-order valence-electron chi connectivity index (χ0n) is 13.7. The molecule has 2 heteroatoms. The van der Waals surface area contributed by atoms with E-state index < -0.39 is 0 Å². The fraction of sp³-hybridized carbons (Fsp3) is 0.947. The van der Waals surface area contributed by atoms with E-state index >= 15 is 0 Å². The summed E-state index contributed by atoms with van der Waals surface area (Å²) >= 11 is 0. The largest absolute Gasteiger partial charge is 0.393 e. The third-order valence-electron chi connectivity index (χ3n) is 8.47. The quantitative estimate of drug-likeness (QED) is 0.681. The van der Waals surface area contributed by atoms with Crippen LogP contribution in [-0.2, 0) is 0 Å². The summed E-state index contributed by atoms with van der Waals surface area (Å²) in [4.78, 5) is 0. The van der Waals surface area contributed by atoms with Crippen LogP contribution >= 0.6 is 0 Å². The van der Waals surface area contributed by atoms with Gasteiger partial charge in [-0.15, -0.1) is 0 Å². The normalized spacial score (nSPS) is 56.5. The Morgan fingerprint density at radius 3 is 2.52 bits per heavy atom. The Bertz CT molecular complexity index is 460. The van der Waals surface area contributed by atoms with Crippen LogP contribution < -0.4 is 0 Å². The summed E-state index contributed by atoms with van der Waals surface area (Å²) in [7, 11) is 0. The summed E-state index contributed by atoms with van der Waals surface area (Å²) in [5, 5.41) is 18.5. The van der Waals surface area contributed by atoms with E-state index in [4.69, 9.17) is 5.41 Å². The highest BCUT2D eigenvalue weighted by Crippen LogP contribution is 2.65. The molecule has 0 unspecified atom stereocenters. The molecule has 2 N–H and O–H groups in total. The van der Waals surface area contributed by atoms with Gasteiger partial charge in [0.2, 0.25) is 0 Å². The van der Waals surface area contributed by atoms with Crippen molar-refractivity contribution in [2.75, 3.05) is 0 Å². The van der Waals surface area contributed by atoms with Gasteiger partial charge in [-0.05, 0) is 92.3 Å². The van der Waals surface area contributed by atoms with Gasteiger partial charge in [-0.25, -0.2) is 0 Å². The lowest BCUT2D eigenvalue weighted by molar-refractivity contribution is -0.112. The van der Waals surface area contributed by atoms with Crippen LogP contribution in [0.5, 0.6) is 0 Å². The Labute approximate surface area is 129 Å². The molecule has 0 heterocycles. The lowest BCUT2D eigenvalue weighted by Crippen LogP contribution is -2.54. The lowest BCUT2D eigenvalue weighted by atomic mass is 9.45. The number of hydrogen-bond donors (Lipinski definition) is 2. The summed E-state index contributed by atoms with van der Waals surface area (Å²) in [5.41, 5.74) is 1.71. The highest BCUT2D eigenvalue weighted by molar-refractivity contribution is 5.82. The first-order chi connectivity index (χ1) is 9.95. The van der Waals surface area contributed by atoms with Crippen molar-refractivity contribution in [2.24, 2.45) is 34.5 Å². The van der Waals surface area contributed by atoms with Gasteiger partial charge < -0.3 is 10.5 Å². The minimum Gasteiger partial charge on any atom is -0.393 e. The minimum absolute atomic E-state index is 0.0477. The van der Waals surface area contributed by atoms with Gasteiger partial charge in [-0.2, -0.15) is 0 Å². The van der Waals surface area contributed by atoms with Gasteiger partial charge >= 0.3 is 0 Å². The van der Waals surface area contributed by atoms with Gasteiger partial charge in [0.1, 0.15) is 0 Å². The molecule has 4 fully saturated rings. The topological polar surface area (TPSA) is 44.1 Å². The molecule has 0 amide bonds. The van der Waals surface area contributed by atoms with E-state index in [9.17, 15) is 5.11 Å². The second-order valence-electron chi connectivity index (χ2n) is 9.10. The summed E-state index contributed by atoms with van der Waals surface area (Å²) in [6.07, 6.45) is 10.9. The maximum atomic E-state index is 10.5. The average Bonchev–Trinajstić information content (AvgIpc) is 2.76. The molecule has 21 heavy (non-hydrogen) atoms. The van der Waals surface area contributed by atoms with Crippen molar-refractivity contribution in [3.63, 3.8) is 0 Å². The molecule has 4 saturated carbocycles. The first kappa shape index (κ1) is 14.2. The van der Waals surface area contributed by atoms with E-state index in [-0.39, 0.29) is 11.5 Å². The number of hydrogen-bond acceptors (Lipinski definition) is 2. The molecule has 4 aliphatic carbocycles. The molecule has 0 spiro atoms. The zero-order chi connectivity index (χ0) is 14.8. The first-order valence-electron chi connectivity index (χ1n) is 9.19. The van der Waals surface area contributed by atoms with E-state index in [1.165, 1.54) is 38.5 Å². The predicted molar refractivity (Wildman–Crippen MR) is 85.5 cm³/mol. The molecule has 0 saturated heterocycles. The van der Waals surface area contributed by atoms with Gasteiger partial charge in [0.05, 0.1) is 6.10 Å². The molecule has 0 aromatic carbocycles. The Kier molecular flexibility index (Phi) is 3.10. The van der Waals surface area contributed by atoms with Crippen LogP contribution in [-0.4, -0.2) is 16.9 Å². The van der Waals surface area contributed by atoms with Crippen LogP contribution in [0.2, 0.25) is 0 Å². The lowest BCUT2D eigenvalue weighted by Gasteiger charge is -2.60. The number of fused-ring (bicyclic) bond motifs is 5. The maximum absolute atomic E-state index is 10.5. The molecule has 0 bridgehead atoms. The Balaban J connectivity index is 1.64. The second kappa shape index (κ2) is 4.57. The minimum atomic E-state index is -0.0477. The van der Waals surface area contributed by atoms with Gasteiger partial charge in [-0.3, -0.25) is 0 Å². The fourth-order valence-corrected chi connectivity index (χ4v) is 7.05. The zero-order valence-corrected chi connectivity index (χ0v) is 13.7. The third kappa shape index (κ3) is 1.84. The van der Waals surface area contributed by atoms with E-state index in [0.717, 1.165) is 48.6 Å². The van der Waals surface area contributed by atoms with Crippen molar-refractivity contribution < 1.29 is 5.11 Å². The van der Waals surface area contributed by atoms with Crippen molar-refractivity contribution in [3.8, 4) is 0 Å². The van der Waals surface area contributed by atoms with Crippen molar-refractivity contribution >= 4 is 5.71 Å². The van der Waals surface area contributed by atoms with Crippen molar-refractivity contribution in [1.82, 2.24) is 0 Å². The molecular weight excluding hydrogens is 258 g/mol. The van der Waals surface area contributed by atoms with Crippen LogP contribution in [0.4, 0.5) is 0 Å². The Morgan fingerprint density at radius 1 is 0.952 bits per heavy atom. The molecule has 2 nitrogen and oxygen atoms in total. The molecule has 0 radical (unpaired) electrons. The Morgan fingerprint density at radius 2 is 1.71 bits per heavy atom. The molecule has 118 valence electrons. The number of rotatable bonds is 0. The second-order valence-corrected chi connectivity index (χ2v) is 9.10. The smallest absolute Gasteiger partial charge is 0.0596 e. The Hall–Kier alpha value is -0.370. The first-order valence-corrected chi connectivity index (χ1v) is 9.19. The van der Waals surface area contributed by atoms with E-state index in [1.807, 2.05) is 0 Å². The van der Waals surface area contributed by atoms with Crippen LogP contribution in [0, 0.1) is 39.9 Å². The SMILES string of the molecule is C[C@]12CCC(=N)C[C@@H]1CC[C@@H]1[C@@H]2CC[C@]2(C)[C@@H](O)CC[C@@H]12. The summed E-state index contributed by atoms with van der Waals surface area (Å²) < 4.78 is 0. The average molecular weight is 289 g/mol. The standard InChI is InChI=1S/C19H31NO/c1-18-9-7-13(20)11-12(18)3-4-14-15-5-6-17(21)19(15,2)10-8-16(14)18/h12,14-17,20-21H,3-11H2,1-2H3/t12-,14-,15-,16-,17-,18-,19-/m0/s1. The van der Waals surface area contributed by atoms with Crippen molar-refractivity contribution in [1.29, 1.82) is 5.41 Å². The number of aliphatic hydroxyl groups is 1. The van der Waals surface area contributed by atoms with E-state index in [0.29, 0.717) is 5.41 Å². The molecule has 7 atom stereocenters. The summed E-state index contributed by atoms with van der Waals surface area (Å²) in [6.45, 7) is 4.92.